The summed E-state index contributed by atoms with van der Waals surface area (Å²) in [5, 5.41) is 1.32. The van der Waals surface area contributed by atoms with E-state index in [0.29, 0.717) is 6.61 Å². The van der Waals surface area contributed by atoms with Crippen LogP contribution in [0.5, 0.6) is 0 Å². The van der Waals surface area contributed by atoms with Crippen molar-refractivity contribution in [1.82, 2.24) is 4.98 Å². The van der Waals surface area contributed by atoms with Crippen molar-refractivity contribution in [2.45, 2.75) is 39.7 Å². The second kappa shape index (κ2) is 8.38. The molecule has 4 heteroatoms. The molecule has 0 fully saturated rings. The molecule has 2 rings (SSSR count). The number of fused-ring (bicyclic) bond motifs is 1. The normalized spacial score (nSPS) is 11.6. The quantitative estimate of drug-likeness (QED) is 0.666. The van der Waals surface area contributed by atoms with Gasteiger partial charge in [-0.3, -0.25) is 4.79 Å². The molecule has 1 heterocycles. The smallest absolute Gasteiger partial charge is 0.322 e. The van der Waals surface area contributed by atoms with Crippen LogP contribution >= 0.6 is 0 Å². The Morgan fingerprint density at radius 3 is 2.70 bits per heavy atom. The second-order valence-electron chi connectivity index (χ2n) is 4.83. The van der Waals surface area contributed by atoms with E-state index in [2.05, 4.69) is 30.1 Å². The van der Waals surface area contributed by atoms with Crippen LogP contribution in [0.25, 0.3) is 10.9 Å². The third-order valence-corrected chi connectivity index (χ3v) is 2.91. The van der Waals surface area contributed by atoms with E-state index in [0.717, 1.165) is 12.8 Å². The molecule has 1 unspecified atom stereocenters. The number of nitrogens with one attached hydrogen (secondary N) is 1. The van der Waals surface area contributed by atoms with Crippen molar-refractivity contribution in [2.75, 3.05) is 6.61 Å². The number of esters is 1. The molecule has 0 bridgehead atoms. The Balaban J connectivity index is 0.000000200. The molecule has 3 N–H and O–H groups in total. The molecule has 2 aromatic rings. The maximum atomic E-state index is 10.7. The minimum atomic E-state index is -0.489. The van der Waals surface area contributed by atoms with Gasteiger partial charge in [0.1, 0.15) is 6.04 Å². The summed E-state index contributed by atoms with van der Waals surface area (Å²) in [5.41, 5.74) is 7.78. The monoisotopic (exact) mass is 276 g/mol. The fourth-order valence-corrected chi connectivity index (χ4v) is 1.67. The molecule has 0 spiro atoms. The highest BCUT2D eigenvalue weighted by molar-refractivity contribution is 5.82. The van der Waals surface area contributed by atoms with E-state index in [1.807, 2.05) is 19.2 Å². The molecule has 0 radical (unpaired) electrons. The number of carbonyl (C=O) groups is 1. The summed E-state index contributed by atoms with van der Waals surface area (Å²) in [6.07, 6.45) is 3.98. The fourth-order valence-electron chi connectivity index (χ4n) is 1.67. The molecule has 110 valence electrons. The second-order valence-corrected chi connectivity index (χ2v) is 4.83. The minimum Gasteiger partial charge on any atom is -0.465 e. The summed E-state index contributed by atoms with van der Waals surface area (Å²) in [6.45, 7) is 6.27. The Bertz CT molecular complexity index is 532. The lowest BCUT2D eigenvalue weighted by atomic mass is 10.2. The molecule has 0 aliphatic carbocycles. The van der Waals surface area contributed by atoms with Crippen LogP contribution in [0.2, 0.25) is 0 Å². The molecule has 0 amide bonds. The van der Waals surface area contributed by atoms with Gasteiger partial charge in [0.15, 0.2) is 0 Å². The first-order chi connectivity index (χ1) is 9.56. The third kappa shape index (κ3) is 5.05. The Morgan fingerprint density at radius 1 is 1.40 bits per heavy atom. The molecule has 0 aliphatic rings. The van der Waals surface area contributed by atoms with Crippen LogP contribution in [0.4, 0.5) is 0 Å². The number of H-pyrrole nitrogens is 1. The van der Waals surface area contributed by atoms with Crippen molar-refractivity contribution in [3.63, 3.8) is 0 Å². The largest absolute Gasteiger partial charge is 0.465 e. The zero-order chi connectivity index (χ0) is 15.0. The van der Waals surface area contributed by atoms with Gasteiger partial charge in [-0.05, 0) is 31.9 Å². The van der Waals surface area contributed by atoms with Gasteiger partial charge in [0, 0.05) is 17.1 Å². The molecule has 1 aromatic heterocycles. The zero-order valence-corrected chi connectivity index (χ0v) is 12.5. The van der Waals surface area contributed by atoms with Gasteiger partial charge in [0.25, 0.3) is 0 Å². The number of unbranched alkanes of at least 4 members (excludes halogenated alkanes) is 1. The number of rotatable bonds is 4. The van der Waals surface area contributed by atoms with Crippen molar-refractivity contribution in [1.29, 1.82) is 0 Å². The van der Waals surface area contributed by atoms with Crippen molar-refractivity contribution < 1.29 is 9.53 Å². The van der Waals surface area contributed by atoms with Crippen molar-refractivity contribution in [3.8, 4) is 0 Å². The van der Waals surface area contributed by atoms with E-state index in [9.17, 15) is 4.79 Å². The first-order valence-electron chi connectivity index (χ1n) is 7.01. The van der Waals surface area contributed by atoms with E-state index in [-0.39, 0.29) is 5.97 Å². The molecule has 1 atom stereocenters. The summed E-state index contributed by atoms with van der Waals surface area (Å²) in [5.74, 6) is -0.312. The van der Waals surface area contributed by atoms with Crippen molar-refractivity contribution in [2.24, 2.45) is 5.73 Å². The van der Waals surface area contributed by atoms with Crippen LogP contribution < -0.4 is 5.73 Å². The van der Waals surface area contributed by atoms with Crippen LogP contribution in [-0.2, 0) is 9.53 Å². The highest BCUT2D eigenvalue weighted by Gasteiger charge is 2.06. The number of nitrogens with two attached hydrogens (primary N) is 1. The molecular formula is C16H24N2O2. The zero-order valence-electron chi connectivity index (χ0n) is 12.5. The Kier molecular flexibility index (Phi) is 6.81. The molecule has 0 aliphatic heterocycles. The lowest BCUT2D eigenvalue weighted by Crippen LogP contribution is -2.28. The number of para-hydroxylation sites is 1. The summed E-state index contributed by atoms with van der Waals surface area (Å²) in [7, 11) is 0. The van der Waals surface area contributed by atoms with Crippen molar-refractivity contribution >= 4 is 16.9 Å². The van der Waals surface area contributed by atoms with Crippen LogP contribution in [0.3, 0.4) is 0 Å². The van der Waals surface area contributed by atoms with Gasteiger partial charge in [-0.1, -0.05) is 31.5 Å². The Hall–Kier alpha value is -1.81. The minimum absolute atomic E-state index is 0.312. The number of ether oxygens (including phenoxy) is 1. The van der Waals surface area contributed by atoms with Gasteiger partial charge >= 0.3 is 5.97 Å². The van der Waals surface area contributed by atoms with Crippen molar-refractivity contribution in [3.05, 3.63) is 36.0 Å². The third-order valence-electron chi connectivity index (χ3n) is 2.91. The average Bonchev–Trinajstić information content (AvgIpc) is 2.82. The molecular weight excluding hydrogens is 252 g/mol. The summed E-state index contributed by atoms with van der Waals surface area (Å²) in [4.78, 5) is 13.9. The first-order valence-corrected chi connectivity index (χ1v) is 7.01. The molecule has 0 saturated carbocycles. The van der Waals surface area contributed by atoms with Gasteiger partial charge in [-0.25, -0.2) is 0 Å². The number of hydrogen-bond acceptors (Lipinski definition) is 3. The topological polar surface area (TPSA) is 68.1 Å². The molecule has 1 aromatic carbocycles. The van der Waals surface area contributed by atoms with Crippen LogP contribution in [-0.4, -0.2) is 23.6 Å². The van der Waals surface area contributed by atoms with Crippen LogP contribution in [0.15, 0.2) is 30.5 Å². The predicted octanol–water partition coefficient (Wildman–Crippen LogP) is 3.15. The highest BCUT2D eigenvalue weighted by Crippen LogP contribution is 2.15. The predicted molar refractivity (Wildman–Crippen MR) is 82.6 cm³/mol. The number of aryl methyl sites for hydroxylation is 1. The standard InChI is InChI=1S/C9H9N.C7H15NO2/c1-7-6-10-9-5-3-2-4-8(7)9;1-3-4-5-10-7(9)6(2)8/h2-6,10H,1H3;6H,3-5,8H2,1-2H3. The highest BCUT2D eigenvalue weighted by atomic mass is 16.5. The molecule has 0 saturated heterocycles. The summed E-state index contributed by atoms with van der Waals surface area (Å²) >= 11 is 0. The maximum Gasteiger partial charge on any atom is 0.322 e. The van der Waals surface area contributed by atoms with E-state index in [1.165, 1.54) is 16.5 Å². The number of carbonyl (C=O) groups excluding carboxylic acids is 1. The fraction of sp³-hybridized carbons (Fsp3) is 0.438. The number of aromatic nitrogens is 1. The first kappa shape index (κ1) is 16.2. The van der Waals surface area contributed by atoms with E-state index >= 15 is 0 Å². The number of benzene rings is 1. The van der Waals surface area contributed by atoms with Gasteiger partial charge in [-0.2, -0.15) is 0 Å². The van der Waals surface area contributed by atoms with Crippen LogP contribution in [0, 0.1) is 6.92 Å². The number of aromatic amines is 1. The number of hydrogen-bond donors (Lipinski definition) is 2. The van der Waals surface area contributed by atoms with E-state index in [4.69, 9.17) is 10.5 Å². The van der Waals surface area contributed by atoms with Crippen LogP contribution in [0.1, 0.15) is 32.3 Å². The van der Waals surface area contributed by atoms with Gasteiger partial charge < -0.3 is 15.5 Å². The SMILES string of the molecule is CCCCOC(=O)C(C)N.Cc1c[nH]c2ccccc12. The van der Waals surface area contributed by atoms with Gasteiger partial charge in [0.05, 0.1) is 6.61 Å². The average molecular weight is 276 g/mol. The summed E-state index contributed by atoms with van der Waals surface area (Å²) < 4.78 is 4.78. The lowest BCUT2D eigenvalue weighted by Gasteiger charge is -2.04. The van der Waals surface area contributed by atoms with Gasteiger partial charge in [0.2, 0.25) is 0 Å². The summed E-state index contributed by atoms with van der Waals surface area (Å²) in [6, 6.07) is 7.82. The molecule has 4 nitrogen and oxygen atoms in total. The Morgan fingerprint density at radius 2 is 2.10 bits per heavy atom. The Labute approximate surface area is 120 Å². The van der Waals surface area contributed by atoms with E-state index in [1.54, 1.807) is 6.92 Å². The van der Waals surface area contributed by atoms with Gasteiger partial charge in [-0.15, -0.1) is 0 Å². The lowest BCUT2D eigenvalue weighted by molar-refractivity contribution is -0.144. The maximum absolute atomic E-state index is 10.7. The van der Waals surface area contributed by atoms with E-state index < -0.39 is 6.04 Å². The molecule has 20 heavy (non-hydrogen) atoms.